The lowest BCUT2D eigenvalue weighted by atomic mass is 10.1. The van der Waals surface area contributed by atoms with Gasteiger partial charge >= 0.3 is 0 Å². The number of rotatable bonds is 5. The molecule has 0 aliphatic rings. The highest BCUT2D eigenvalue weighted by molar-refractivity contribution is 5.92. The Bertz CT molecular complexity index is 886. The van der Waals surface area contributed by atoms with Gasteiger partial charge in [-0.2, -0.15) is 0 Å². The van der Waals surface area contributed by atoms with E-state index in [9.17, 15) is 4.79 Å². The second kappa shape index (κ2) is 6.70. The van der Waals surface area contributed by atoms with Gasteiger partial charge in [-0.05, 0) is 56.2 Å². The van der Waals surface area contributed by atoms with E-state index in [-0.39, 0.29) is 12.5 Å². The van der Waals surface area contributed by atoms with Gasteiger partial charge in [0.2, 0.25) is 5.91 Å². The Hall–Kier alpha value is -2.89. The summed E-state index contributed by atoms with van der Waals surface area (Å²) >= 11 is 0. The van der Waals surface area contributed by atoms with Crippen molar-refractivity contribution in [3.63, 3.8) is 0 Å². The van der Waals surface area contributed by atoms with Crippen molar-refractivity contribution in [2.24, 2.45) is 0 Å². The highest BCUT2D eigenvalue weighted by Gasteiger charge is 2.12. The Morgan fingerprint density at radius 3 is 2.75 bits per heavy atom. The van der Waals surface area contributed by atoms with Crippen molar-refractivity contribution >= 4 is 22.6 Å². The van der Waals surface area contributed by atoms with Crippen molar-refractivity contribution in [2.75, 3.05) is 11.9 Å². The fraction of sp³-hybridized carbons (Fsp3) is 0.278. The van der Waals surface area contributed by atoms with Crippen LogP contribution in [0.25, 0.3) is 11.0 Å². The molecule has 3 aromatic rings. The van der Waals surface area contributed by atoms with Gasteiger partial charge in [-0.25, -0.2) is 4.68 Å². The van der Waals surface area contributed by atoms with Crippen molar-refractivity contribution in [3.05, 3.63) is 47.5 Å². The maximum absolute atomic E-state index is 12.4. The average Bonchev–Trinajstić information content (AvgIpc) is 2.92. The summed E-state index contributed by atoms with van der Waals surface area (Å²) in [5.74, 6) is 0.482. The number of anilines is 1. The first-order valence-electron chi connectivity index (χ1n) is 7.90. The minimum absolute atomic E-state index is 0.0967. The lowest BCUT2D eigenvalue weighted by Gasteiger charge is -2.11. The number of para-hydroxylation sites is 2. The number of nitrogens with one attached hydrogen (secondary N) is 1. The molecule has 0 fully saturated rings. The van der Waals surface area contributed by atoms with Gasteiger partial charge in [0.15, 0.2) is 0 Å². The normalized spacial score (nSPS) is 10.8. The Labute approximate surface area is 140 Å². The molecule has 0 aliphatic heterocycles. The Balaban J connectivity index is 1.80. The van der Waals surface area contributed by atoms with E-state index in [1.165, 1.54) is 0 Å². The van der Waals surface area contributed by atoms with Gasteiger partial charge in [-0.15, -0.1) is 5.10 Å². The van der Waals surface area contributed by atoms with Gasteiger partial charge in [-0.1, -0.05) is 17.3 Å². The highest BCUT2D eigenvalue weighted by Crippen LogP contribution is 2.24. The summed E-state index contributed by atoms with van der Waals surface area (Å²) in [6.07, 6.45) is 0. The van der Waals surface area contributed by atoms with E-state index in [1.807, 2.05) is 57.2 Å². The molecule has 0 bridgehead atoms. The van der Waals surface area contributed by atoms with Crippen LogP contribution in [0, 0.1) is 13.8 Å². The monoisotopic (exact) mass is 324 g/mol. The number of aromatic nitrogens is 3. The number of nitrogens with zero attached hydrogens (tertiary/aromatic N) is 3. The Morgan fingerprint density at radius 1 is 1.21 bits per heavy atom. The highest BCUT2D eigenvalue weighted by atomic mass is 16.5. The van der Waals surface area contributed by atoms with Crippen LogP contribution < -0.4 is 10.1 Å². The number of benzene rings is 2. The molecule has 1 heterocycles. The molecule has 0 atom stereocenters. The molecule has 0 spiro atoms. The number of ether oxygens (including phenoxy) is 1. The van der Waals surface area contributed by atoms with Gasteiger partial charge in [-0.3, -0.25) is 4.79 Å². The van der Waals surface area contributed by atoms with Crippen LogP contribution in [0.5, 0.6) is 5.75 Å². The molecule has 2 aromatic carbocycles. The topological polar surface area (TPSA) is 69.0 Å². The van der Waals surface area contributed by atoms with E-state index in [0.717, 1.165) is 22.2 Å². The van der Waals surface area contributed by atoms with Gasteiger partial charge in [0.05, 0.1) is 17.8 Å². The van der Waals surface area contributed by atoms with Crippen LogP contribution in [0.1, 0.15) is 18.1 Å². The van der Waals surface area contributed by atoms with E-state index in [4.69, 9.17) is 4.74 Å². The molecule has 3 rings (SSSR count). The van der Waals surface area contributed by atoms with Crippen molar-refractivity contribution < 1.29 is 9.53 Å². The zero-order chi connectivity index (χ0) is 17.1. The van der Waals surface area contributed by atoms with Crippen LogP contribution >= 0.6 is 0 Å². The summed E-state index contributed by atoms with van der Waals surface area (Å²) in [6, 6.07) is 11.4. The molecule has 0 aliphatic carbocycles. The summed E-state index contributed by atoms with van der Waals surface area (Å²) in [7, 11) is 0. The van der Waals surface area contributed by atoms with Crippen molar-refractivity contribution in [2.45, 2.75) is 27.3 Å². The molecular weight excluding hydrogens is 304 g/mol. The quantitative estimate of drug-likeness (QED) is 0.783. The first-order valence-corrected chi connectivity index (χ1v) is 7.90. The van der Waals surface area contributed by atoms with Crippen molar-refractivity contribution in [1.82, 2.24) is 15.0 Å². The molecule has 1 N–H and O–H groups in total. The molecular formula is C18H20N4O2. The molecule has 0 radical (unpaired) electrons. The second-order valence-corrected chi connectivity index (χ2v) is 5.65. The number of carbonyl (C=O) groups excluding carboxylic acids is 1. The van der Waals surface area contributed by atoms with Crippen LogP contribution in [0.2, 0.25) is 0 Å². The Morgan fingerprint density at radius 2 is 1.96 bits per heavy atom. The smallest absolute Gasteiger partial charge is 0.246 e. The number of hydrogen-bond donors (Lipinski definition) is 1. The summed E-state index contributed by atoms with van der Waals surface area (Å²) in [5.41, 5.74) is 4.60. The van der Waals surface area contributed by atoms with Crippen LogP contribution in [-0.4, -0.2) is 27.5 Å². The summed E-state index contributed by atoms with van der Waals surface area (Å²) in [5, 5.41) is 11.1. The van der Waals surface area contributed by atoms with Gasteiger partial charge in [0, 0.05) is 0 Å². The lowest BCUT2D eigenvalue weighted by Crippen LogP contribution is -2.20. The zero-order valence-electron chi connectivity index (χ0n) is 14.0. The largest absolute Gasteiger partial charge is 0.492 e. The third-order valence-electron chi connectivity index (χ3n) is 3.88. The van der Waals surface area contributed by atoms with Crippen LogP contribution in [0.15, 0.2) is 36.4 Å². The summed E-state index contributed by atoms with van der Waals surface area (Å²) < 4.78 is 7.13. The number of carbonyl (C=O) groups is 1. The van der Waals surface area contributed by atoms with Crippen molar-refractivity contribution in [1.29, 1.82) is 0 Å². The standard InChI is InChI=1S/C18H20N4O2/c1-4-24-17-8-6-5-7-14(17)19-18(23)11-22-16-10-13(3)12(2)9-15(16)20-21-22/h5-10H,4,11H2,1-3H3,(H,19,23). The van der Waals surface area contributed by atoms with Crippen LogP contribution in [0.3, 0.4) is 0 Å². The van der Waals surface area contributed by atoms with Gasteiger partial charge in [0.1, 0.15) is 17.8 Å². The first-order chi connectivity index (χ1) is 11.6. The molecule has 6 nitrogen and oxygen atoms in total. The van der Waals surface area contributed by atoms with Crippen LogP contribution in [-0.2, 0) is 11.3 Å². The van der Waals surface area contributed by atoms with E-state index in [2.05, 4.69) is 15.6 Å². The van der Waals surface area contributed by atoms with Crippen molar-refractivity contribution in [3.8, 4) is 5.75 Å². The number of aryl methyl sites for hydroxylation is 2. The maximum atomic E-state index is 12.4. The Kier molecular flexibility index (Phi) is 4.46. The van der Waals surface area contributed by atoms with E-state index >= 15 is 0 Å². The molecule has 0 saturated heterocycles. The average molecular weight is 324 g/mol. The SMILES string of the molecule is CCOc1ccccc1NC(=O)Cn1nnc2cc(C)c(C)cc21. The second-order valence-electron chi connectivity index (χ2n) is 5.65. The van der Waals surface area contributed by atoms with Crippen LogP contribution in [0.4, 0.5) is 5.69 Å². The van der Waals surface area contributed by atoms with E-state index < -0.39 is 0 Å². The minimum Gasteiger partial charge on any atom is -0.492 e. The molecule has 6 heteroatoms. The maximum Gasteiger partial charge on any atom is 0.246 e. The zero-order valence-corrected chi connectivity index (χ0v) is 14.0. The van der Waals surface area contributed by atoms with Gasteiger partial charge < -0.3 is 10.1 Å². The molecule has 0 unspecified atom stereocenters. The molecule has 124 valence electrons. The summed E-state index contributed by atoms with van der Waals surface area (Å²) in [6.45, 7) is 6.61. The molecule has 0 saturated carbocycles. The van der Waals surface area contributed by atoms with E-state index in [1.54, 1.807) is 4.68 Å². The lowest BCUT2D eigenvalue weighted by molar-refractivity contribution is -0.116. The number of hydrogen-bond acceptors (Lipinski definition) is 4. The molecule has 24 heavy (non-hydrogen) atoms. The number of amides is 1. The predicted molar refractivity (Wildman–Crippen MR) is 93.2 cm³/mol. The number of fused-ring (bicyclic) bond motifs is 1. The van der Waals surface area contributed by atoms with Gasteiger partial charge in [0.25, 0.3) is 0 Å². The fourth-order valence-corrected chi connectivity index (χ4v) is 2.52. The van der Waals surface area contributed by atoms with E-state index in [0.29, 0.717) is 18.0 Å². The molecule has 1 aromatic heterocycles. The minimum atomic E-state index is -0.174. The third kappa shape index (κ3) is 3.22. The summed E-state index contributed by atoms with van der Waals surface area (Å²) in [4.78, 5) is 12.4. The fourth-order valence-electron chi connectivity index (χ4n) is 2.52. The first kappa shape index (κ1) is 16.0. The third-order valence-corrected chi connectivity index (χ3v) is 3.88. The predicted octanol–water partition coefficient (Wildman–Crippen LogP) is 3.09. The molecule has 1 amide bonds.